The summed E-state index contributed by atoms with van der Waals surface area (Å²) >= 11 is 2.09. The minimum Gasteiger partial charge on any atom is -0.354 e. The SMILES string of the molecule is CC1(C)CNC(C)(CC2CCSCC2)O1. The van der Waals surface area contributed by atoms with Gasteiger partial charge in [0.15, 0.2) is 0 Å². The maximum Gasteiger partial charge on any atom is 0.117 e. The molecule has 0 aromatic rings. The normalized spacial score (nSPS) is 37.0. The van der Waals surface area contributed by atoms with E-state index in [-0.39, 0.29) is 11.3 Å². The van der Waals surface area contributed by atoms with Gasteiger partial charge < -0.3 is 4.74 Å². The molecule has 1 atom stereocenters. The molecule has 2 aliphatic rings. The molecule has 2 rings (SSSR count). The highest BCUT2D eigenvalue weighted by Crippen LogP contribution is 2.35. The van der Waals surface area contributed by atoms with E-state index in [1.807, 2.05) is 0 Å². The summed E-state index contributed by atoms with van der Waals surface area (Å²) in [6, 6.07) is 0. The van der Waals surface area contributed by atoms with Crippen LogP contribution in [-0.4, -0.2) is 29.4 Å². The molecule has 1 N–H and O–H groups in total. The third kappa shape index (κ3) is 3.11. The van der Waals surface area contributed by atoms with Crippen LogP contribution in [0.2, 0.25) is 0 Å². The molecule has 0 aromatic heterocycles. The molecule has 0 aliphatic carbocycles. The Kier molecular flexibility index (Phi) is 3.34. The van der Waals surface area contributed by atoms with Crippen LogP contribution in [0.25, 0.3) is 0 Å². The maximum absolute atomic E-state index is 6.12. The van der Waals surface area contributed by atoms with Crippen molar-refractivity contribution in [1.29, 1.82) is 0 Å². The minimum absolute atomic E-state index is 0.0121. The van der Waals surface area contributed by atoms with E-state index in [2.05, 4.69) is 37.8 Å². The Hall–Kier alpha value is 0.270. The average molecular weight is 229 g/mol. The molecular weight excluding hydrogens is 206 g/mol. The van der Waals surface area contributed by atoms with Crippen molar-refractivity contribution in [2.45, 2.75) is 51.4 Å². The summed E-state index contributed by atoms with van der Waals surface area (Å²) in [7, 11) is 0. The van der Waals surface area contributed by atoms with Crippen LogP contribution >= 0.6 is 11.8 Å². The van der Waals surface area contributed by atoms with Crippen molar-refractivity contribution < 1.29 is 4.74 Å². The summed E-state index contributed by atoms with van der Waals surface area (Å²) in [6.07, 6.45) is 3.91. The van der Waals surface area contributed by atoms with Crippen LogP contribution in [0, 0.1) is 5.92 Å². The molecule has 0 radical (unpaired) electrons. The Balaban J connectivity index is 1.88. The van der Waals surface area contributed by atoms with Crippen molar-refractivity contribution in [2.24, 2.45) is 5.92 Å². The predicted octanol–water partition coefficient (Wildman–Crippen LogP) is 2.63. The molecule has 15 heavy (non-hydrogen) atoms. The lowest BCUT2D eigenvalue weighted by Crippen LogP contribution is -2.40. The molecule has 1 unspecified atom stereocenters. The standard InChI is InChI=1S/C12H23NOS/c1-11(2)9-13-12(3,14-11)8-10-4-6-15-7-5-10/h10,13H,4-9H2,1-3H3. The number of ether oxygens (including phenoxy) is 1. The second-order valence-electron chi connectivity index (χ2n) is 5.71. The van der Waals surface area contributed by atoms with Gasteiger partial charge in [-0.2, -0.15) is 11.8 Å². The van der Waals surface area contributed by atoms with Gasteiger partial charge in [0, 0.05) is 6.54 Å². The number of rotatable bonds is 2. The first-order valence-corrected chi connectivity index (χ1v) is 7.18. The first-order valence-electron chi connectivity index (χ1n) is 6.02. The number of nitrogens with one attached hydrogen (secondary N) is 1. The number of thioether (sulfide) groups is 1. The first-order chi connectivity index (χ1) is 6.99. The maximum atomic E-state index is 6.12. The molecule has 88 valence electrons. The van der Waals surface area contributed by atoms with Crippen molar-refractivity contribution >= 4 is 11.8 Å². The molecule has 2 nitrogen and oxygen atoms in total. The zero-order chi connectivity index (χ0) is 10.9. The van der Waals surface area contributed by atoms with Gasteiger partial charge in [-0.3, -0.25) is 5.32 Å². The van der Waals surface area contributed by atoms with E-state index in [0.29, 0.717) is 0 Å². The Morgan fingerprint density at radius 3 is 2.47 bits per heavy atom. The van der Waals surface area contributed by atoms with Crippen molar-refractivity contribution in [3.05, 3.63) is 0 Å². The largest absolute Gasteiger partial charge is 0.354 e. The van der Waals surface area contributed by atoms with E-state index in [9.17, 15) is 0 Å². The summed E-state index contributed by atoms with van der Waals surface area (Å²) in [6.45, 7) is 7.53. The van der Waals surface area contributed by atoms with Gasteiger partial charge in [-0.15, -0.1) is 0 Å². The van der Waals surface area contributed by atoms with Crippen molar-refractivity contribution in [1.82, 2.24) is 5.32 Å². The Morgan fingerprint density at radius 2 is 1.93 bits per heavy atom. The van der Waals surface area contributed by atoms with Crippen LogP contribution in [0.15, 0.2) is 0 Å². The summed E-state index contributed by atoms with van der Waals surface area (Å²) in [4.78, 5) is 0. The second kappa shape index (κ2) is 4.27. The van der Waals surface area contributed by atoms with Gasteiger partial charge in [0.05, 0.1) is 5.60 Å². The first kappa shape index (κ1) is 11.7. The Labute approximate surface area is 97.5 Å². The van der Waals surface area contributed by atoms with Crippen LogP contribution in [0.1, 0.15) is 40.0 Å². The number of hydrogen-bond donors (Lipinski definition) is 1. The predicted molar refractivity (Wildman–Crippen MR) is 66.2 cm³/mol. The van der Waals surface area contributed by atoms with Crippen molar-refractivity contribution in [2.75, 3.05) is 18.1 Å². The fourth-order valence-corrected chi connectivity index (χ4v) is 3.90. The summed E-state index contributed by atoms with van der Waals surface area (Å²) in [5, 5.41) is 3.54. The lowest BCUT2D eigenvalue weighted by Gasteiger charge is -2.32. The van der Waals surface area contributed by atoms with Crippen LogP contribution in [-0.2, 0) is 4.74 Å². The molecule has 2 heterocycles. The third-order valence-electron chi connectivity index (χ3n) is 3.41. The zero-order valence-corrected chi connectivity index (χ0v) is 11.0. The van der Waals surface area contributed by atoms with Gasteiger partial charge in [-0.25, -0.2) is 0 Å². The van der Waals surface area contributed by atoms with E-state index in [4.69, 9.17) is 4.74 Å². The second-order valence-corrected chi connectivity index (χ2v) is 6.93. The van der Waals surface area contributed by atoms with Crippen molar-refractivity contribution in [3.8, 4) is 0 Å². The summed E-state index contributed by atoms with van der Waals surface area (Å²) in [5.74, 6) is 3.53. The van der Waals surface area contributed by atoms with Gasteiger partial charge >= 0.3 is 0 Å². The lowest BCUT2D eigenvalue weighted by atomic mass is 9.93. The summed E-state index contributed by atoms with van der Waals surface area (Å²) in [5.41, 5.74) is -0.0612. The van der Waals surface area contributed by atoms with Gasteiger partial charge in [-0.05, 0) is 57.5 Å². The van der Waals surface area contributed by atoms with Gasteiger partial charge in [-0.1, -0.05) is 0 Å². The molecule has 0 amide bonds. The fourth-order valence-electron chi connectivity index (χ4n) is 2.70. The molecule has 0 bridgehead atoms. The minimum atomic E-state index is -0.0732. The smallest absolute Gasteiger partial charge is 0.117 e. The molecule has 0 saturated carbocycles. The summed E-state index contributed by atoms with van der Waals surface area (Å²) < 4.78 is 6.12. The molecule has 0 spiro atoms. The highest BCUT2D eigenvalue weighted by Gasteiger charge is 2.41. The zero-order valence-electron chi connectivity index (χ0n) is 10.1. The molecular formula is C12H23NOS. The topological polar surface area (TPSA) is 21.3 Å². The quantitative estimate of drug-likeness (QED) is 0.786. The molecule has 2 saturated heterocycles. The van der Waals surface area contributed by atoms with Crippen LogP contribution in [0.5, 0.6) is 0 Å². The Bertz CT molecular complexity index is 226. The average Bonchev–Trinajstić information content (AvgIpc) is 2.42. The highest BCUT2D eigenvalue weighted by molar-refractivity contribution is 7.99. The monoisotopic (exact) mass is 229 g/mol. The van der Waals surface area contributed by atoms with Gasteiger partial charge in [0.1, 0.15) is 5.72 Å². The molecule has 3 heteroatoms. The van der Waals surface area contributed by atoms with Crippen LogP contribution in [0.3, 0.4) is 0 Å². The lowest BCUT2D eigenvalue weighted by molar-refractivity contribution is -0.0913. The third-order valence-corrected chi connectivity index (χ3v) is 4.46. The van der Waals surface area contributed by atoms with E-state index in [1.165, 1.54) is 30.8 Å². The van der Waals surface area contributed by atoms with Crippen LogP contribution < -0.4 is 5.32 Å². The van der Waals surface area contributed by atoms with E-state index in [0.717, 1.165) is 12.5 Å². The van der Waals surface area contributed by atoms with E-state index < -0.39 is 0 Å². The fraction of sp³-hybridized carbons (Fsp3) is 1.00. The molecule has 0 aromatic carbocycles. The van der Waals surface area contributed by atoms with E-state index >= 15 is 0 Å². The Morgan fingerprint density at radius 1 is 1.27 bits per heavy atom. The van der Waals surface area contributed by atoms with Crippen molar-refractivity contribution in [3.63, 3.8) is 0 Å². The van der Waals surface area contributed by atoms with Crippen LogP contribution in [0.4, 0.5) is 0 Å². The van der Waals surface area contributed by atoms with Gasteiger partial charge in [0.2, 0.25) is 0 Å². The molecule has 2 fully saturated rings. The highest BCUT2D eigenvalue weighted by atomic mass is 32.2. The number of hydrogen-bond acceptors (Lipinski definition) is 3. The molecule has 2 aliphatic heterocycles. The van der Waals surface area contributed by atoms with E-state index in [1.54, 1.807) is 0 Å². The van der Waals surface area contributed by atoms with Gasteiger partial charge in [0.25, 0.3) is 0 Å².